The molecule has 9 nitrogen and oxygen atoms in total. The van der Waals surface area contributed by atoms with Crippen molar-refractivity contribution in [2.45, 2.75) is 69.7 Å². The van der Waals surface area contributed by atoms with Crippen molar-refractivity contribution in [3.8, 4) is 5.75 Å². The molecule has 1 saturated heterocycles. The number of nitrogens with zero attached hydrogens (tertiary/aromatic N) is 4. The number of para-hydroxylation sites is 1. The van der Waals surface area contributed by atoms with Crippen molar-refractivity contribution < 1.29 is 19.1 Å². The summed E-state index contributed by atoms with van der Waals surface area (Å²) in [5.74, 6) is 0.257. The highest BCUT2D eigenvalue weighted by Gasteiger charge is 2.35. The average Bonchev–Trinajstić information content (AvgIpc) is 3.59. The lowest BCUT2D eigenvalue weighted by Gasteiger charge is -2.34. The van der Waals surface area contributed by atoms with E-state index in [1.165, 1.54) is 6.42 Å². The molecule has 2 fully saturated rings. The molecule has 1 aliphatic carbocycles. The summed E-state index contributed by atoms with van der Waals surface area (Å²) < 4.78 is 13.0. The van der Waals surface area contributed by atoms with Gasteiger partial charge in [0.05, 0.1) is 18.7 Å². The summed E-state index contributed by atoms with van der Waals surface area (Å²) in [7, 11) is 1.60. The Morgan fingerprint density at radius 3 is 2.73 bits per heavy atom. The fourth-order valence-electron chi connectivity index (χ4n) is 5.42. The van der Waals surface area contributed by atoms with Crippen LogP contribution < -0.4 is 10.1 Å². The average molecular weight is 506 g/mol. The number of benzene rings is 2. The third kappa shape index (κ3) is 5.93. The number of rotatable bonds is 9. The zero-order valence-corrected chi connectivity index (χ0v) is 21.3. The van der Waals surface area contributed by atoms with Crippen LogP contribution in [-0.2, 0) is 20.9 Å². The van der Waals surface area contributed by atoms with E-state index in [4.69, 9.17) is 9.47 Å². The van der Waals surface area contributed by atoms with Gasteiger partial charge < -0.3 is 19.7 Å². The Hall–Kier alpha value is -3.46. The van der Waals surface area contributed by atoms with E-state index >= 15 is 0 Å². The van der Waals surface area contributed by atoms with Gasteiger partial charge in [0, 0.05) is 19.2 Å². The fraction of sp³-hybridized carbons (Fsp3) is 0.500. The van der Waals surface area contributed by atoms with Crippen LogP contribution in [-0.4, -0.2) is 64.1 Å². The second kappa shape index (κ2) is 11.7. The third-order valence-electron chi connectivity index (χ3n) is 7.37. The fourth-order valence-corrected chi connectivity index (χ4v) is 5.42. The Labute approximate surface area is 217 Å². The summed E-state index contributed by atoms with van der Waals surface area (Å²) in [6.07, 6.45) is 7.00. The van der Waals surface area contributed by atoms with Gasteiger partial charge in [-0.3, -0.25) is 9.59 Å². The van der Waals surface area contributed by atoms with E-state index in [2.05, 4.69) is 15.6 Å². The molecule has 3 aromatic rings. The van der Waals surface area contributed by atoms with E-state index < -0.39 is 6.04 Å². The second-order valence-corrected chi connectivity index (χ2v) is 9.94. The number of methoxy groups -OCH3 is 1. The van der Waals surface area contributed by atoms with Crippen molar-refractivity contribution in [2.24, 2.45) is 0 Å². The topological polar surface area (TPSA) is 98.6 Å². The van der Waals surface area contributed by atoms with E-state index in [1.54, 1.807) is 16.7 Å². The van der Waals surface area contributed by atoms with Gasteiger partial charge >= 0.3 is 0 Å². The van der Waals surface area contributed by atoms with Gasteiger partial charge in [0.25, 0.3) is 0 Å². The zero-order valence-electron chi connectivity index (χ0n) is 21.3. The number of aromatic nitrogens is 3. The Kier molecular flexibility index (Phi) is 7.99. The van der Waals surface area contributed by atoms with Crippen LogP contribution in [0, 0.1) is 0 Å². The molecule has 9 heteroatoms. The number of nitrogens with one attached hydrogen (secondary N) is 1. The molecule has 1 aliphatic heterocycles. The number of carbonyl (C=O) groups excluding carboxylic acids is 2. The maximum atomic E-state index is 14.0. The molecule has 1 aromatic heterocycles. The maximum Gasteiger partial charge on any atom is 0.247 e. The van der Waals surface area contributed by atoms with E-state index in [-0.39, 0.29) is 30.5 Å². The maximum absolute atomic E-state index is 14.0. The van der Waals surface area contributed by atoms with Crippen LogP contribution in [0.2, 0.25) is 0 Å². The smallest absolute Gasteiger partial charge is 0.247 e. The number of hydrogen-bond donors (Lipinski definition) is 1. The van der Waals surface area contributed by atoms with Crippen molar-refractivity contribution in [3.05, 3.63) is 54.1 Å². The monoisotopic (exact) mass is 505 g/mol. The minimum absolute atomic E-state index is 0.0234. The predicted octanol–water partition coefficient (Wildman–Crippen LogP) is 3.64. The van der Waals surface area contributed by atoms with Crippen LogP contribution in [0.25, 0.3) is 11.0 Å². The molecule has 0 bridgehead atoms. The lowest BCUT2D eigenvalue weighted by atomic mass is 9.94. The zero-order chi connectivity index (χ0) is 25.6. The minimum atomic E-state index is -0.816. The van der Waals surface area contributed by atoms with Gasteiger partial charge in [0.2, 0.25) is 11.8 Å². The first-order chi connectivity index (χ1) is 18.1. The first-order valence-electron chi connectivity index (χ1n) is 13.3. The SMILES string of the molecule is COc1cccc([C@H](C(=O)NC2CCCCC2)N(C[C@@H]2CCCO2)C(=O)Cn2nnc3ccccc32)c1. The molecule has 1 saturated carbocycles. The summed E-state index contributed by atoms with van der Waals surface area (Å²) in [5, 5.41) is 11.7. The summed E-state index contributed by atoms with van der Waals surface area (Å²) in [6.45, 7) is 0.967. The van der Waals surface area contributed by atoms with Gasteiger partial charge in [-0.25, -0.2) is 4.68 Å². The Balaban J connectivity index is 1.48. The van der Waals surface area contributed by atoms with Gasteiger partial charge in [0.1, 0.15) is 23.9 Å². The van der Waals surface area contributed by atoms with Crippen LogP contribution in [0.4, 0.5) is 0 Å². The third-order valence-corrected chi connectivity index (χ3v) is 7.37. The number of hydrogen-bond acceptors (Lipinski definition) is 6. The quantitative estimate of drug-likeness (QED) is 0.477. The van der Waals surface area contributed by atoms with Gasteiger partial charge in [-0.15, -0.1) is 5.10 Å². The Morgan fingerprint density at radius 1 is 1.11 bits per heavy atom. The van der Waals surface area contributed by atoms with Crippen LogP contribution in [0.3, 0.4) is 0 Å². The normalized spacial score (nSPS) is 19.0. The van der Waals surface area contributed by atoms with Crippen LogP contribution >= 0.6 is 0 Å². The molecule has 5 rings (SSSR count). The molecule has 37 heavy (non-hydrogen) atoms. The number of fused-ring (bicyclic) bond motifs is 1. The Bertz CT molecular complexity index is 1220. The second-order valence-electron chi connectivity index (χ2n) is 9.94. The first-order valence-corrected chi connectivity index (χ1v) is 13.3. The molecule has 2 heterocycles. The van der Waals surface area contributed by atoms with Crippen LogP contribution in [0.1, 0.15) is 56.6 Å². The molecular formula is C28H35N5O4. The number of carbonyl (C=O) groups is 2. The van der Waals surface area contributed by atoms with Crippen molar-refractivity contribution in [1.82, 2.24) is 25.2 Å². The molecular weight excluding hydrogens is 470 g/mol. The van der Waals surface area contributed by atoms with Gasteiger partial charge in [-0.05, 0) is 55.5 Å². The van der Waals surface area contributed by atoms with Gasteiger partial charge in [-0.1, -0.05) is 48.7 Å². The van der Waals surface area contributed by atoms with E-state index in [9.17, 15) is 9.59 Å². The Morgan fingerprint density at radius 2 is 1.95 bits per heavy atom. The molecule has 1 N–H and O–H groups in total. The molecule has 2 atom stereocenters. The van der Waals surface area contributed by atoms with Crippen LogP contribution in [0.15, 0.2) is 48.5 Å². The molecule has 0 spiro atoms. The minimum Gasteiger partial charge on any atom is -0.497 e. The van der Waals surface area contributed by atoms with Crippen molar-refractivity contribution >= 4 is 22.8 Å². The van der Waals surface area contributed by atoms with Crippen LogP contribution in [0.5, 0.6) is 5.75 Å². The lowest BCUT2D eigenvalue weighted by Crippen LogP contribution is -2.49. The van der Waals surface area contributed by atoms with Gasteiger partial charge in [-0.2, -0.15) is 0 Å². The van der Waals surface area contributed by atoms with E-state index in [1.807, 2.05) is 48.5 Å². The van der Waals surface area contributed by atoms with Crippen molar-refractivity contribution in [1.29, 1.82) is 0 Å². The summed E-state index contributed by atoms with van der Waals surface area (Å²) in [6, 6.07) is 14.3. The standard InChI is InChI=1S/C28H35N5O4/c1-36-22-12-7-9-20(17-22)27(28(35)29-21-10-3-2-4-11-21)32(18-23-13-8-16-37-23)26(34)19-33-25-15-6-5-14-24(25)30-31-33/h5-7,9,12,14-15,17,21,23,27H,2-4,8,10-11,13,16,18-19H2,1H3,(H,29,35)/t23-,27+/m0/s1. The first kappa shape index (κ1) is 25.2. The largest absolute Gasteiger partial charge is 0.497 e. The number of ether oxygens (including phenoxy) is 2. The summed E-state index contributed by atoms with van der Waals surface area (Å²) in [5.41, 5.74) is 2.21. The number of amides is 2. The molecule has 0 radical (unpaired) electrons. The van der Waals surface area contributed by atoms with Crippen molar-refractivity contribution in [2.75, 3.05) is 20.3 Å². The van der Waals surface area contributed by atoms with E-state index in [0.29, 0.717) is 24.5 Å². The van der Waals surface area contributed by atoms with E-state index in [0.717, 1.165) is 49.6 Å². The highest BCUT2D eigenvalue weighted by atomic mass is 16.5. The molecule has 2 aromatic carbocycles. The summed E-state index contributed by atoms with van der Waals surface area (Å²) in [4.78, 5) is 29.6. The predicted molar refractivity (Wildman–Crippen MR) is 139 cm³/mol. The lowest BCUT2D eigenvalue weighted by molar-refractivity contribution is -0.143. The van der Waals surface area contributed by atoms with Gasteiger partial charge in [0.15, 0.2) is 0 Å². The highest BCUT2D eigenvalue weighted by molar-refractivity contribution is 5.89. The summed E-state index contributed by atoms with van der Waals surface area (Å²) >= 11 is 0. The molecule has 196 valence electrons. The highest BCUT2D eigenvalue weighted by Crippen LogP contribution is 2.29. The molecule has 2 aliphatic rings. The van der Waals surface area contributed by atoms with Crippen molar-refractivity contribution in [3.63, 3.8) is 0 Å². The molecule has 0 unspecified atom stereocenters. The molecule has 2 amide bonds.